The van der Waals surface area contributed by atoms with Crippen molar-refractivity contribution in [2.75, 3.05) is 7.11 Å². The van der Waals surface area contributed by atoms with Gasteiger partial charge in [0.2, 0.25) is 0 Å². The van der Waals surface area contributed by atoms with Crippen molar-refractivity contribution in [3.05, 3.63) is 63.2 Å². The predicted molar refractivity (Wildman–Crippen MR) is 81.6 cm³/mol. The summed E-state index contributed by atoms with van der Waals surface area (Å²) in [4.78, 5) is 24.3. The van der Waals surface area contributed by atoms with Crippen molar-refractivity contribution in [2.45, 2.75) is 13.0 Å². The summed E-state index contributed by atoms with van der Waals surface area (Å²) in [5.74, 6) is -0.0685. The molecule has 2 aromatic rings. The molecule has 1 N–H and O–H groups in total. The summed E-state index contributed by atoms with van der Waals surface area (Å²) in [6, 6.07) is 3.98. The fraction of sp³-hybridized carbons (Fsp3) is 0.176. The van der Waals surface area contributed by atoms with Crippen LogP contribution in [0.4, 0.5) is 0 Å². The molecule has 0 fully saturated rings. The first-order chi connectivity index (χ1) is 11.0. The van der Waals surface area contributed by atoms with Crippen LogP contribution in [0.25, 0.3) is 6.08 Å². The Morgan fingerprint density at radius 1 is 1.26 bits per heavy atom. The summed E-state index contributed by atoms with van der Waals surface area (Å²) >= 11 is 0. The SMILES string of the molecule is CC=Cc1cc(=O)c(C2OC(=O)c3cc(O)cc(OC)c32)co1. The standard InChI is InChI=1S/C17H14O6/c1-3-4-10-7-13(19)12(8-22-10)16-15-11(17(20)23-16)5-9(18)6-14(15)21-2/h3-8,16,18H,1-2H3. The topological polar surface area (TPSA) is 86.0 Å². The number of rotatable bonds is 3. The normalized spacial score (nSPS) is 16.4. The Kier molecular flexibility index (Phi) is 3.65. The highest BCUT2D eigenvalue weighted by atomic mass is 16.6. The average molecular weight is 314 g/mol. The van der Waals surface area contributed by atoms with Crippen LogP contribution in [-0.4, -0.2) is 18.2 Å². The van der Waals surface area contributed by atoms with Crippen LogP contribution in [0, 0.1) is 0 Å². The molecule has 1 aliphatic rings. The second kappa shape index (κ2) is 5.64. The number of carbonyl (C=O) groups excluding carboxylic acids is 1. The highest BCUT2D eigenvalue weighted by Crippen LogP contribution is 2.42. The predicted octanol–water partition coefficient (Wildman–Crippen LogP) is 2.65. The molecule has 0 bridgehead atoms. The molecule has 1 aliphatic heterocycles. The average Bonchev–Trinajstić information content (AvgIpc) is 2.84. The molecule has 0 saturated heterocycles. The molecule has 3 rings (SSSR count). The van der Waals surface area contributed by atoms with Gasteiger partial charge < -0.3 is 19.0 Å². The molecular formula is C17H14O6. The molecule has 1 unspecified atom stereocenters. The fourth-order valence-electron chi connectivity index (χ4n) is 2.55. The van der Waals surface area contributed by atoms with Crippen molar-refractivity contribution in [2.24, 2.45) is 0 Å². The summed E-state index contributed by atoms with van der Waals surface area (Å²) in [5, 5.41) is 9.66. The maximum absolute atomic E-state index is 12.3. The van der Waals surface area contributed by atoms with E-state index in [1.807, 2.05) is 0 Å². The van der Waals surface area contributed by atoms with E-state index in [1.165, 1.54) is 31.6 Å². The lowest BCUT2D eigenvalue weighted by Gasteiger charge is -2.13. The van der Waals surface area contributed by atoms with Gasteiger partial charge in [0.05, 0.1) is 23.8 Å². The minimum Gasteiger partial charge on any atom is -0.508 e. The number of phenolic OH excluding ortho intramolecular Hbond substituents is 1. The van der Waals surface area contributed by atoms with E-state index in [9.17, 15) is 14.7 Å². The highest BCUT2D eigenvalue weighted by molar-refractivity contribution is 5.96. The Morgan fingerprint density at radius 2 is 2.04 bits per heavy atom. The van der Waals surface area contributed by atoms with Gasteiger partial charge in [-0.2, -0.15) is 0 Å². The summed E-state index contributed by atoms with van der Waals surface area (Å²) in [6.45, 7) is 1.81. The van der Waals surface area contributed by atoms with Gasteiger partial charge in [-0.3, -0.25) is 4.79 Å². The van der Waals surface area contributed by atoms with Crippen LogP contribution in [0.1, 0.15) is 40.3 Å². The molecule has 6 heteroatoms. The fourth-order valence-corrected chi connectivity index (χ4v) is 2.55. The van der Waals surface area contributed by atoms with Gasteiger partial charge in [0.15, 0.2) is 11.5 Å². The maximum atomic E-state index is 12.3. The molecule has 1 atom stereocenters. The number of carbonyl (C=O) groups is 1. The van der Waals surface area contributed by atoms with Crippen LogP contribution in [0.2, 0.25) is 0 Å². The first-order valence-corrected chi connectivity index (χ1v) is 6.92. The smallest absolute Gasteiger partial charge is 0.339 e. The van der Waals surface area contributed by atoms with E-state index in [4.69, 9.17) is 13.9 Å². The molecule has 2 heterocycles. The van der Waals surface area contributed by atoms with Gasteiger partial charge in [0.1, 0.15) is 23.5 Å². The summed E-state index contributed by atoms with van der Waals surface area (Å²) in [7, 11) is 1.41. The molecule has 1 aromatic carbocycles. The number of fused-ring (bicyclic) bond motifs is 1. The number of ether oxygens (including phenoxy) is 2. The van der Waals surface area contributed by atoms with E-state index in [-0.39, 0.29) is 28.1 Å². The zero-order valence-electron chi connectivity index (χ0n) is 12.5. The number of aromatic hydroxyl groups is 1. The quantitative estimate of drug-likeness (QED) is 0.877. The molecule has 1 aromatic heterocycles. The lowest BCUT2D eigenvalue weighted by atomic mass is 9.98. The Morgan fingerprint density at radius 3 is 2.70 bits per heavy atom. The molecule has 6 nitrogen and oxygen atoms in total. The summed E-state index contributed by atoms with van der Waals surface area (Å²) in [5.41, 5.74) is 0.449. The summed E-state index contributed by atoms with van der Waals surface area (Å²) < 4.78 is 15.9. The summed E-state index contributed by atoms with van der Waals surface area (Å²) in [6.07, 6.45) is 3.74. The van der Waals surface area contributed by atoms with E-state index in [1.54, 1.807) is 19.1 Å². The minimum absolute atomic E-state index is 0.117. The lowest BCUT2D eigenvalue weighted by Crippen LogP contribution is -2.14. The third kappa shape index (κ3) is 2.48. The Bertz CT molecular complexity index is 862. The van der Waals surface area contributed by atoms with Crippen LogP contribution in [0.15, 0.2) is 39.7 Å². The number of hydrogen-bond acceptors (Lipinski definition) is 6. The number of esters is 1. The first-order valence-electron chi connectivity index (χ1n) is 6.92. The lowest BCUT2D eigenvalue weighted by molar-refractivity contribution is 0.0450. The monoisotopic (exact) mass is 314 g/mol. The number of phenols is 1. The van der Waals surface area contributed by atoms with Gasteiger partial charge in [-0.15, -0.1) is 0 Å². The first kappa shape index (κ1) is 14.9. The van der Waals surface area contributed by atoms with Crippen molar-refractivity contribution in [1.82, 2.24) is 0 Å². The zero-order chi connectivity index (χ0) is 16.6. The molecular weight excluding hydrogens is 300 g/mol. The maximum Gasteiger partial charge on any atom is 0.339 e. The van der Waals surface area contributed by atoms with Crippen LogP contribution >= 0.6 is 0 Å². The molecule has 0 spiro atoms. The van der Waals surface area contributed by atoms with Gasteiger partial charge in [-0.1, -0.05) is 6.08 Å². The minimum atomic E-state index is -0.927. The molecule has 23 heavy (non-hydrogen) atoms. The van der Waals surface area contributed by atoms with Gasteiger partial charge in [0, 0.05) is 12.1 Å². The highest BCUT2D eigenvalue weighted by Gasteiger charge is 2.37. The Balaban J connectivity index is 2.15. The van der Waals surface area contributed by atoms with Crippen molar-refractivity contribution < 1.29 is 23.8 Å². The molecule has 0 amide bonds. The Hall–Kier alpha value is -3.02. The molecule has 0 radical (unpaired) electrons. The zero-order valence-corrected chi connectivity index (χ0v) is 12.5. The second-order valence-corrected chi connectivity index (χ2v) is 5.00. The number of hydrogen-bond donors (Lipinski definition) is 1. The number of methoxy groups -OCH3 is 1. The van der Waals surface area contributed by atoms with Crippen molar-refractivity contribution >= 4 is 12.0 Å². The number of benzene rings is 1. The van der Waals surface area contributed by atoms with E-state index >= 15 is 0 Å². The van der Waals surface area contributed by atoms with E-state index in [0.717, 1.165) is 0 Å². The third-order valence-corrected chi connectivity index (χ3v) is 3.55. The third-order valence-electron chi connectivity index (χ3n) is 3.55. The number of cyclic esters (lactones) is 1. The van der Waals surface area contributed by atoms with Crippen LogP contribution in [0.3, 0.4) is 0 Å². The van der Waals surface area contributed by atoms with Crippen molar-refractivity contribution in [3.8, 4) is 11.5 Å². The van der Waals surface area contributed by atoms with Crippen LogP contribution in [0.5, 0.6) is 11.5 Å². The molecule has 118 valence electrons. The Labute approximate surface area is 131 Å². The van der Waals surface area contributed by atoms with Crippen LogP contribution < -0.4 is 10.2 Å². The largest absolute Gasteiger partial charge is 0.508 e. The second-order valence-electron chi connectivity index (χ2n) is 5.00. The van der Waals surface area contributed by atoms with E-state index in [0.29, 0.717) is 11.3 Å². The van der Waals surface area contributed by atoms with Crippen molar-refractivity contribution in [1.29, 1.82) is 0 Å². The van der Waals surface area contributed by atoms with Gasteiger partial charge in [0.25, 0.3) is 0 Å². The van der Waals surface area contributed by atoms with Crippen LogP contribution in [-0.2, 0) is 4.74 Å². The van der Waals surface area contributed by atoms with Gasteiger partial charge in [-0.05, 0) is 19.1 Å². The molecule has 0 aliphatic carbocycles. The number of allylic oxidation sites excluding steroid dienone is 1. The van der Waals surface area contributed by atoms with Gasteiger partial charge >= 0.3 is 5.97 Å². The van der Waals surface area contributed by atoms with E-state index in [2.05, 4.69) is 0 Å². The van der Waals surface area contributed by atoms with Crippen molar-refractivity contribution in [3.63, 3.8) is 0 Å². The molecule has 0 saturated carbocycles. The van der Waals surface area contributed by atoms with Gasteiger partial charge in [-0.25, -0.2) is 4.79 Å². The van der Waals surface area contributed by atoms with E-state index < -0.39 is 12.1 Å².